The van der Waals surface area contributed by atoms with Gasteiger partial charge in [-0.2, -0.15) is 0 Å². The van der Waals surface area contributed by atoms with E-state index in [1.165, 1.54) is 11.1 Å². The number of rotatable bonds is 4. The second-order valence-corrected chi connectivity index (χ2v) is 5.76. The Morgan fingerprint density at radius 2 is 2.10 bits per heavy atom. The van der Waals surface area contributed by atoms with Crippen LogP contribution in [0.3, 0.4) is 0 Å². The van der Waals surface area contributed by atoms with Crippen molar-refractivity contribution in [1.29, 1.82) is 0 Å². The molecule has 0 spiro atoms. The molecular formula is C16H14ClNOS. The zero-order chi connectivity index (χ0) is 14.1. The summed E-state index contributed by atoms with van der Waals surface area (Å²) in [5.41, 5.74) is 9.07. The Balaban J connectivity index is 1.66. The van der Waals surface area contributed by atoms with E-state index in [4.69, 9.17) is 34.3 Å². The quantitative estimate of drug-likeness (QED) is 0.875. The Morgan fingerprint density at radius 3 is 2.80 bits per heavy atom. The van der Waals surface area contributed by atoms with Gasteiger partial charge in [-0.05, 0) is 35.7 Å². The van der Waals surface area contributed by atoms with Crippen LogP contribution >= 0.6 is 23.8 Å². The predicted molar refractivity (Wildman–Crippen MR) is 85.7 cm³/mol. The molecule has 2 aromatic carbocycles. The number of hydrogen-bond acceptors (Lipinski definition) is 2. The third-order valence-electron chi connectivity index (χ3n) is 3.62. The maximum atomic E-state index is 6.12. The van der Waals surface area contributed by atoms with Gasteiger partial charge in [-0.1, -0.05) is 48.1 Å². The lowest BCUT2D eigenvalue weighted by atomic mass is 9.78. The molecule has 1 unspecified atom stereocenters. The molecule has 2 nitrogen and oxygen atoms in total. The minimum Gasteiger partial charge on any atom is -0.493 e. The number of nitrogens with two attached hydrogens (primary N) is 1. The normalized spacial score (nSPS) is 16.1. The summed E-state index contributed by atoms with van der Waals surface area (Å²) in [6.07, 6.45) is 1.08. The fourth-order valence-corrected chi connectivity index (χ4v) is 3.00. The number of benzene rings is 2. The first kappa shape index (κ1) is 13.4. The fourth-order valence-electron chi connectivity index (χ4n) is 2.49. The summed E-state index contributed by atoms with van der Waals surface area (Å²) in [5.74, 6) is 1.22. The van der Waals surface area contributed by atoms with E-state index in [1.807, 2.05) is 6.07 Å². The van der Waals surface area contributed by atoms with Crippen molar-refractivity contribution in [3.8, 4) is 5.75 Å². The topological polar surface area (TPSA) is 35.2 Å². The standard InChI is InChI=1S/C16H14ClNOS/c17-15-8-12(5-6-14(15)16(18)20)19-9-11-7-10-3-1-2-4-13(10)11/h1-6,8,11H,7,9H2,(H2,18,20). The second-order valence-electron chi connectivity index (χ2n) is 4.92. The summed E-state index contributed by atoms with van der Waals surface area (Å²) in [6, 6.07) is 13.9. The van der Waals surface area contributed by atoms with Crippen LogP contribution in [0.2, 0.25) is 5.02 Å². The van der Waals surface area contributed by atoms with E-state index in [0.29, 0.717) is 28.1 Å². The van der Waals surface area contributed by atoms with E-state index in [1.54, 1.807) is 12.1 Å². The van der Waals surface area contributed by atoms with Crippen LogP contribution in [0.4, 0.5) is 0 Å². The van der Waals surface area contributed by atoms with E-state index < -0.39 is 0 Å². The third-order valence-corrected chi connectivity index (χ3v) is 4.15. The highest BCUT2D eigenvalue weighted by Gasteiger charge is 2.25. The molecule has 0 amide bonds. The van der Waals surface area contributed by atoms with Gasteiger partial charge in [-0.25, -0.2) is 0 Å². The van der Waals surface area contributed by atoms with Gasteiger partial charge in [0.05, 0.1) is 11.6 Å². The molecule has 1 aliphatic carbocycles. The number of thiocarbonyl (C=S) groups is 1. The SMILES string of the molecule is NC(=S)c1ccc(OCC2Cc3ccccc32)cc1Cl. The van der Waals surface area contributed by atoms with Crippen LogP contribution in [0.1, 0.15) is 22.6 Å². The molecule has 0 aromatic heterocycles. The van der Waals surface area contributed by atoms with E-state index in [-0.39, 0.29) is 0 Å². The van der Waals surface area contributed by atoms with Gasteiger partial charge in [0.1, 0.15) is 10.7 Å². The van der Waals surface area contributed by atoms with Crippen LogP contribution in [0.15, 0.2) is 42.5 Å². The molecular weight excluding hydrogens is 290 g/mol. The van der Waals surface area contributed by atoms with Crippen molar-refractivity contribution in [2.75, 3.05) is 6.61 Å². The van der Waals surface area contributed by atoms with Gasteiger partial charge in [-0.3, -0.25) is 0 Å². The number of fused-ring (bicyclic) bond motifs is 1. The second kappa shape index (κ2) is 5.43. The largest absolute Gasteiger partial charge is 0.493 e. The Kier molecular flexibility index (Phi) is 3.64. The third kappa shape index (κ3) is 2.51. The molecule has 0 saturated carbocycles. The average molecular weight is 304 g/mol. The number of hydrogen-bond donors (Lipinski definition) is 1. The number of halogens is 1. The van der Waals surface area contributed by atoms with Gasteiger partial charge in [0.15, 0.2) is 0 Å². The predicted octanol–water partition coefficient (Wildman–Crippen LogP) is 3.69. The first-order chi connectivity index (χ1) is 9.65. The molecule has 3 rings (SSSR count). The molecule has 2 aromatic rings. The summed E-state index contributed by atoms with van der Waals surface area (Å²) in [6.45, 7) is 0.666. The molecule has 0 radical (unpaired) electrons. The van der Waals surface area contributed by atoms with Gasteiger partial charge in [0.25, 0.3) is 0 Å². The maximum Gasteiger partial charge on any atom is 0.120 e. The Labute approximate surface area is 128 Å². The highest BCUT2D eigenvalue weighted by Crippen LogP contribution is 2.35. The molecule has 2 N–H and O–H groups in total. The van der Waals surface area contributed by atoms with Gasteiger partial charge in [-0.15, -0.1) is 0 Å². The smallest absolute Gasteiger partial charge is 0.120 e. The molecule has 0 saturated heterocycles. The molecule has 0 fully saturated rings. The van der Waals surface area contributed by atoms with Crippen molar-refractivity contribution in [3.05, 3.63) is 64.2 Å². The van der Waals surface area contributed by atoms with Gasteiger partial charge < -0.3 is 10.5 Å². The fraction of sp³-hybridized carbons (Fsp3) is 0.188. The van der Waals surface area contributed by atoms with Crippen LogP contribution in [0.5, 0.6) is 5.75 Å². The van der Waals surface area contributed by atoms with E-state index in [0.717, 1.165) is 12.2 Å². The zero-order valence-corrected chi connectivity index (χ0v) is 12.4. The molecule has 20 heavy (non-hydrogen) atoms. The molecule has 0 bridgehead atoms. The Hall–Kier alpha value is -1.58. The van der Waals surface area contributed by atoms with Crippen molar-refractivity contribution in [1.82, 2.24) is 0 Å². The van der Waals surface area contributed by atoms with Crippen molar-refractivity contribution in [2.45, 2.75) is 12.3 Å². The monoisotopic (exact) mass is 303 g/mol. The van der Waals surface area contributed by atoms with Crippen molar-refractivity contribution < 1.29 is 4.74 Å². The molecule has 0 heterocycles. The minimum atomic E-state index is 0.300. The van der Waals surface area contributed by atoms with Crippen LogP contribution < -0.4 is 10.5 Å². The van der Waals surface area contributed by atoms with Crippen LogP contribution in [0, 0.1) is 0 Å². The Morgan fingerprint density at radius 1 is 1.30 bits per heavy atom. The lowest BCUT2D eigenvalue weighted by Crippen LogP contribution is -2.23. The summed E-state index contributed by atoms with van der Waals surface area (Å²) in [7, 11) is 0. The molecule has 1 atom stereocenters. The van der Waals surface area contributed by atoms with E-state index in [9.17, 15) is 0 Å². The van der Waals surface area contributed by atoms with Crippen LogP contribution in [-0.4, -0.2) is 11.6 Å². The highest BCUT2D eigenvalue weighted by molar-refractivity contribution is 7.80. The van der Waals surface area contributed by atoms with Crippen molar-refractivity contribution in [3.63, 3.8) is 0 Å². The first-order valence-corrected chi connectivity index (χ1v) is 7.23. The van der Waals surface area contributed by atoms with Gasteiger partial charge >= 0.3 is 0 Å². The maximum absolute atomic E-state index is 6.12. The van der Waals surface area contributed by atoms with Crippen LogP contribution in [0.25, 0.3) is 0 Å². The Bertz CT molecular complexity index is 671. The summed E-state index contributed by atoms with van der Waals surface area (Å²) >= 11 is 11.0. The summed E-state index contributed by atoms with van der Waals surface area (Å²) in [4.78, 5) is 0.300. The van der Waals surface area contributed by atoms with Gasteiger partial charge in [0.2, 0.25) is 0 Å². The van der Waals surface area contributed by atoms with Crippen molar-refractivity contribution in [2.24, 2.45) is 5.73 Å². The zero-order valence-electron chi connectivity index (χ0n) is 10.8. The summed E-state index contributed by atoms with van der Waals surface area (Å²) < 4.78 is 5.81. The average Bonchev–Trinajstić information content (AvgIpc) is 2.39. The molecule has 0 aliphatic heterocycles. The lowest BCUT2D eigenvalue weighted by molar-refractivity contribution is 0.275. The first-order valence-electron chi connectivity index (χ1n) is 6.45. The van der Waals surface area contributed by atoms with Crippen molar-refractivity contribution >= 4 is 28.8 Å². The molecule has 102 valence electrons. The molecule has 1 aliphatic rings. The molecule has 4 heteroatoms. The lowest BCUT2D eigenvalue weighted by Gasteiger charge is -2.29. The minimum absolute atomic E-state index is 0.300. The van der Waals surface area contributed by atoms with E-state index in [2.05, 4.69) is 24.3 Å². The van der Waals surface area contributed by atoms with Gasteiger partial charge in [0, 0.05) is 11.5 Å². The van der Waals surface area contributed by atoms with E-state index >= 15 is 0 Å². The summed E-state index contributed by atoms with van der Waals surface area (Å²) in [5, 5.41) is 0.531. The van der Waals surface area contributed by atoms with Crippen LogP contribution in [-0.2, 0) is 6.42 Å². The highest BCUT2D eigenvalue weighted by atomic mass is 35.5. The number of ether oxygens (including phenoxy) is 1.